The van der Waals surface area contributed by atoms with Crippen molar-refractivity contribution in [3.05, 3.63) is 89.4 Å². The van der Waals surface area contributed by atoms with Gasteiger partial charge in [0.2, 0.25) is 0 Å². The van der Waals surface area contributed by atoms with Gasteiger partial charge in [0.05, 0.1) is 5.56 Å². The van der Waals surface area contributed by atoms with Crippen molar-refractivity contribution in [1.82, 2.24) is 4.98 Å². The van der Waals surface area contributed by atoms with Gasteiger partial charge in [0, 0.05) is 25.0 Å². The van der Waals surface area contributed by atoms with Crippen molar-refractivity contribution in [3.8, 4) is 0 Å². The summed E-state index contributed by atoms with van der Waals surface area (Å²) in [4.78, 5) is 18.9. The van der Waals surface area contributed by atoms with Gasteiger partial charge in [-0.15, -0.1) is 0 Å². The number of pyridine rings is 1. The molecule has 138 valence electrons. The number of nitrogens with zero attached hydrogens (tertiary/aromatic N) is 2. The van der Waals surface area contributed by atoms with E-state index in [1.807, 2.05) is 38.1 Å². The Bertz CT molecular complexity index is 908. The largest absolute Gasteiger partial charge is 0.366 e. The Morgan fingerprint density at radius 2 is 1.89 bits per heavy atom. The van der Waals surface area contributed by atoms with Gasteiger partial charge in [-0.2, -0.15) is 0 Å². The maximum absolute atomic E-state index is 12.9. The fourth-order valence-electron chi connectivity index (χ4n) is 2.81. The first kappa shape index (κ1) is 18.6. The highest BCUT2D eigenvalue weighted by Gasteiger charge is 2.16. The van der Waals surface area contributed by atoms with Crippen molar-refractivity contribution in [3.63, 3.8) is 0 Å². The van der Waals surface area contributed by atoms with E-state index in [1.54, 1.807) is 35.4 Å². The summed E-state index contributed by atoms with van der Waals surface area (Å²) in [7, 11) is 0. The molecule has 1 amide bonds. The Hall–Kier alpha value is -3.21. The molecule has 0 saturated carbocycles. The number of rotatable bonds is 6. The third-order valence-electron chi connectivity index (χ3n) is 4.27. The van der Waals surface area contributed by atoms with E-state index in [2.05, 4.69) is 10.3 Å². The number of hydrogen-bond donors (Lipinski definition) is 1. The fraction of sp³-hybridized carbons (Fsp3) is 0.182. The quantitative estimate of drug-likeness (QED) is 0.684. The SMILES string of the molecule is CCN(C(=O)c1ccc(NCc2ccc(F)cc2)nc1)c1cccc(C)c1. The summed E-state index contributed by atoms with van der Waals surface area (Å²) in [6.07, 6.45) is 1.58. The van der Waals surface area contributed by atoms with Crippen LogP contribution in [0.15, 0.2) is 66.9 Å². The van der Waals surface area contributed by atoms with Gasteiger partial charge in [-0.25, -0.2) is 9.37 Å². The van der Waals surface area contributed by atoms with Crippen LogP contribution in [0.3, 0.4) is 0 Å². The van der Waals surface area contributed by atoms with Crippen LogP contribution in [0.4, 0.5) is 15.9 Å². The minimum atomic E-state index is -0.256. The minimum Gasteiger partial charge on any atom is -0.366 e. The van der Waals surface area contributed by atoms with E-state index >= 15 is 0 Å². The van der Waals surface area contributed by atoms with Crippen LogP contribution in [0.2, 0.25) is 0 Å². The Labute approximate surface area is 158 Å². The predicted molar refractivity (Wildman–Crippen MR) is 106 cm³/mol. The van der Waals surface area contributed by atoms with Crippen LogP contribution in [0.25, 0.3) is 0 Å². The van der Waals surface area contributed by atoms with E-state index in [1.165, 1.54) is 12.1 Å². The summed E-state index contributed by atoms with van der Waals surface area (Å²) in [6, 6.07) is 17.7. The minimum absolute atomic E-state index is 0.0827. The molecule has 0 aliphatic carbocycles. The third kappa shape index (κ3) is 4.70. The number of benzene rings is 2. The molecule has 2 aromatic carbocycles. The lowest BCUT2D eigenvalue weighted by atomic mass is 10.1. The number of halogens is 1. The van der Waals surface area contributed by atoms with Crippen LogP contribution in [0, 0.1) is 12.7 Å². The molecular formula is C22H22FN3O. The zero-order valence-electron chi connectivity index (χ0n) is 15.4. The molecule has 4 nitrogen and oxygen atoms in total. The summed E-state index contributed by atoms with van der Waals surface area (Å²) in [5.74, 6) is 0.323. The van der Waals surface area contributed by atoms with Gasteiger partial charge in [0.25, 0.3) is 5.91 Å². The maximum Gasteiger partial charge on any atom is 0.259 e. The Balaban J connectivity index is 1.68. The molecule has 0 bridgehead atoms. The normalized spacial score (nSPS) is 10.5. The van der Waals surface area contributed by atoms with Gasteiger partial charge in [-0.1, -0.05) is 24.3 Å². The van der Waals surface area contributed by atoms with Crippen LogP contribution in [-0.4, -0.2) is 17.4 Å². The highest BCUT2D eigenvalue weighted by molar-refractivity contribution is 6.06. The predicted octanol–water partition coefficient (Wildman–Crippen LogP) is 4.81. The van der Waals surface area contributed by atoms with Gasteiger partial charge in [0.15, 0.2) is 0 Å². The van der Waals surface area contributed by atoms with Crippen molar-refractivity contribution in [2.24, 2.45) is 0 Å². The van der Waals surface area contributed by atoms with Gasteiger partial charge < -0.3 is 10.2 Å². The lowest BCUT2D eigenvalue weighted by Gasteiger charge is -2.21. The summed E-state index contributed by atoms with van der Waals surface area (Å²) >= 11 is 0. The second-order valence-electron chi connectivity index (χ2n) is 6.30. The molecule has 3 rings (SSSR count). The molecule has 5 heteroatoms. The molecule has 0 radical (unpaired) electrons. The molecule has 0 spiro atoms. The van der Waals surface area contributed by atoms with Gasteiger partial charge >= 0.3 is 0 Å². The second kappa shape index (κ2) is 8.45. The van der Waals surface area contributed by atoms with Crippen molar-refractivity contribution in [2.75, 3.05) is 16.8 Å². The number of anilines is 2. The van der Waals surface area contributed by atoms with Crippen molar-refractivity contribution in [2.45, 2.75) is 20.4 Å². The molecule has 0 aliphatic rings. The average Bonchev–Trinajstić information content (AvgIpc) is 2.68. The molecule has 0 saturated heterocycles. The molecule has 0 fully saturated rings. The number of amides is 1. The first-order chi connectivity index (χ1) is 13.1. The zero-order valence-corrected chi connectivity index (χ0v) is 15.4. The molecule has 0 atom stereocenters. The van der Waals surface area contributed by atoms with Crippen LogP contribution in [0.5, 0.6) is 0 Å². The summed E-state index contributed by atoms with van der Waals surface area (Å²) in [5.41, 5.74) is 3.47. The van der Waals surface area contributed by atoms with E-state index in [4.69, 9.17) is 0 Å². The number of aryl methyl sites for hydroxylation is 1. The third-order valence-corrected chi connectivity index (χ3v) is 4.27. The van der Waals surface area contributed by atoms with E-state index in [0.717, 1.165) is 16.8 Å². The highest BCUT2D eigenvalue weighted by atomic mass is 19.1. The summed E-state index contributed by atoms with van der Waals surface area (Å²) in [5, 5.41) is 3.17. The van der Waals surface area contributed by atoms with E-state index in [-0.39, 0.29) is 11.7 Å². The molecule has 0 unspecified atom stereocenters. The number of aromatic nitrogens is 1. The van der Waals surface area contributed by atoms with Crippen LogP contribution < -0.4 is 10.2 Å². The Kier molecular flexibility index (Phi) is 5.81. The van der Waals surface area contributed by atoms with E-state index in [9.17, 15) is 9.18 Å². The lowest BCUT2D eigenvalue weighted by molar-refractivity contribution is 0.0988. The smallest absolute Gasteiger partial charge is 0.259 e. The number of carbonyl (C=O) groups is 1. The summed E-state index contributed by atoms with van der Waals surface area (Å²) < 4.78 is 12.9. The molecule has 1 heterocycles. The number of nitrogens with one attached hydrogen (secondary N) is 1. The molecular weight excluding hydrogens is 341 g/mol. The van der Waals surface area contributed by atoms with Gasteiger partial charge in [-0.3, -0.25) is 4.79 Å². The second-order valence-corrected chi connectivity index (χ2v) is 6.30. The van der Waals surface area contributed by atoms with Crippen LogP contribution >= 0.6 is 0 Å². The standard InChI is InChI=1S/C22H22FN3O/c1-3-26(20-6-4-5-16(2)13-20)22(27)18-9-12-21(25-15-18)24-14-17-7-10-19(23)11-8-17/h4-13,15H,3,14H2,1-2H3,(H,24,25). The van der Waals surface area contributed by atoms with E-state index in [0.29, 0.717) is 24.5 Å². The highest BCUT2D eigenvalue weighted by Crippen LogP contribution is 2.19. The van der Waals surface area contributed by atoms with Gasteiger partial charge in [-0.05, 0) is 61.4 Å². The molecule has 1 aromatic heterocycles. The first-order valence-electron chi connectivity index (χ1n) is 8.89. The van der Waals surface area contributed by atoms with Crippen molar-refractivity contribution >= 4 is 17.4 Å². The van der Waals surface area contributed by atoms with Crippen LogP contribution in [0.1, 0.15) is 28.4 Å². The molecule has 3 aromatic rings. The Morgan fingerprint density at radius 3 is 2.52 bits per heavy atom. The molecule has 27 heavy (non-hydrogen) atoms. The zero-order chi connectivity index (χ0) is 19.2. The first-order valence-corrected chi connectivity index (χ1v) is 8.89. The van der Waals surface area contributed by atoms with Crippen LogP contribution in [-0.2, 0) is 6.54 Å². The van der Waals surface area contributed by atoms with Crippen molar-refractivity contribution < 1.29 is 9.18 Å². The summed E-state index contributed by atoms with van der Waals surface area (Å²) in [6.45, 7) is 5.06. The maximum atomic E-state index is 12.9. The number of carbonyl (C=O) groups excluding carboxylic acids is 1. The molecule has 1 N–H and O–H groups in total. The fourth-order valence-corrected chi connectivity index (χ4v) is 2.81. The monoisotopic (exact) mass is 363 g/mol. The van der Waals surface area contributed by atoms with Gasteiger partial charge in [0.1, 0.15) is 11.6 Å². The number of hydrogen-bond acceptors (Lipinski definition) is 3. The Morgan fingerprint density at radius 1 is 1.11 bits per heavy atom. The average molecular weight is 363 g/mol. The van der Waals surface area contributed by atoms with E-state index < -0.39 is 0 Å². The lowest BCUT2D eigenvalue weighted by Crippen LogP contribution is -2.30. The molecule has 0 aliphatic heterocycles. The van der Waals surface area contributed by atoms with Crippen molar-refractivity contribution in [1.29, 1.82) is 0 Å². The topological polar surface area (TPSA) is 45.2 Å².